The van der Waals surface area contributed by atoms with Crippen molar-refractivity contribution in [2.24, 2.45) is 0 Å². The molecule has 174 valence electrons. The largest absolute Gasteiger partial charge is 0.369 e. The second kappa shape index (κ2) is 8.40. The average Bonchev–Trinajstić information content (AvgIpc) is 3.06. The van der Waals surface area contributed by atoms with E-state index < -0.39 is 22.2 Å². The highest BCUT2D eigenvalue weighted by molar-refractivity contribution is 7.92. The number of benzene rings is 2. The van der Waals surface area contributed by atoms with Crippen molar-refractivity contribution < 1.29 is 18.3 Å². The molecule has 0 aliphatic carbocycles. The Morgan fingerprint density at radius 3 is 2.44 bits per heavy atom. The standard InChI is InChI=1S/C24H21ClN4O4S/c1-24(2,3)15-4-6-17(7-5-15)34(32,33)28-19-9-8-18(25)20-21(19)23(31)29(22(20)30)16-10-14(11-26)12-27-13-16/h4-10,12-13,23,28,31H,1-3H3. The molecule has 10 heteroatoms. The van der Waals surface area contributed by atoms with Crippen LogP contribution in [0, 0.1) is 11.3 Å². The molecular formula is C24H21ClN4O4S. The van der Waals surface area contributed by atoms with Crippen LogP contribution in [0.4, 0.5) is 11.4 Å². The van der Waals surface area contributed by atoms with Gasteiger partial charge in [-0.15, -0.1) is 0 Å². The van der Waals surface area contributed by atoms with Gasteiger partial charge in [-0.2, -0.15) is 5.26 Å². The van der Waals surface area contributed by atoms with Crippen molar-refractivity contribution in [2.45, 2.75) is 37.3 Å². The molecular weight excluding hydrogens is 476 g/mol. The molecule has 3 aromatic rings. The number of anilines is 2. The Morgan fingerprint density at radius 2 is 1.82 bits per heavy atom. The first-order valence-electron chi connectivity index (χ1n) is 10.3. The number of carbonyl (C=O) groups excluding carboxylic acids is 1. The lowest BCUT2D eigenvalue weighted by Gasteiger charge is -2.22. The summed E-state index contributed by atoms with van der Waals surface area (Å²) in [6.07, 6.45) is 1.10. The fourth-order valence-corrected chi connectivity index (χ4v) is 5.07. The van der Waals surface area contributed by atoms with Gasteiger partial charge in [0.15, 0.2) is 6.23 Å². The number of halogens is 1. The van der Waals surface area contributed by atoms with Gasteiger partial charge in [-0.05, 0) is 41.3 Å². The number of carbonyl (C=O) groups is 1. The number of aliphatic hydroxyl groups excluding tert-OH is 1. The van der Waals surface area contributed by atoms with Crippen molar-refractivity contribution in [3.05, 3.63) is 82.1 Å². The van der Waals surface area contributed by atoms with E-state index in [0.717, 1.165) is 10.5 Å². The highest BCUT2D eigenvalue weighted by atomic mass is 35.5. The number of hydrogen-bond donors (Lipinski definition) is 2. The molecule has 1 aromatic heterocycles. The predicted molar refractivity (Wildman–Crippen MR) is 128 cm³/mol. The lowest BCUT2D eigenvalue weighted by molar-refractivity contribution is 0.0935. The topological polar surface area (TPSA) is 123 Å². The number of pyridine rings is 1. The number of nitrogens with one attached hydrogen (secondary N) is 1. The van der Waals surface area contributed by atoms with E-state index in [9.17, 15) is 18.3 Å². The predicted octanol–water partition coefficient (Wildman–Crippen LogP) is 4.36. The fourth-order valence-electron chi connectivity index (χ4n) is 3.74. The summed E-state index contributed by atoms with van der Waals surface area (Å²) in [4.78, 5) is 18.1. The van der Waals surface area contributed by atoms with Crippen LogP contribution in [-0.2, 0) is 15.4 Å². The molecule has 0 saturated carbocycles. The second-order valence-electron chi connectivity index (χ2n) is 8.86. The third kappa shape index (κ3) is 4.12. The van der Waals surface area contributed by atoms with Crippen LogP contribution in [-0.4, -0.2) is 24.4 Å². The van der Waals surface area contributed by atoms with Gasteiger partial charge in [-0.3, -0.25) is 19.4 Å². The molecule has 4 rings (SSSR count). The first kappa shape index (κ1) is 23.7. The van der Waals surface area contributed by atoms with E-state index in [1.165, 1.54) is 42.7 Å². The number of amides is 1. The Kier molecular flexibility index (Phi) is 5.85. The van der Waals surface area contributed by atoms with Gasteiger partial charge in [0.05, 0.1) is 38.6 Å². The summed E-state index contributed by atoms with van der Waals surface area (Å²) in [5.74, 6) is -0.639. The maximum atomic E-state index is 13.1. The van der Waals surface area contributed by atoms with E-state index >= 15 is 0 Å². The van der Waals surface area contributed by atoms with E-state index in [2.05, 4.69) is 9.71 Å². The average molecular weight is 497 g/mol. The number of hydrogen-bond acceptors (Lipinski definition) is 6. The third-order valence-electron chi connectivity index (χ3n) is 5.54. The van der Waals surface area contributed by atoms with Gasteiger partial charge in [-0.1, -0.05) is 44.5 Å². The molecule has 2 N–H and O–H groups in total. The highest BCUT2D eigenvalue weighted by Gasteiger charge is 2.41. The highest BCUT2D eigenvalue weighted by Crippen LogP contribution is 2.43. The van der Waals surface area contributed by atoms with Gasteiger partial charge < -0.3 is 5.11 Å². The van der Waals surface area contributed by atoms with Crippen LogP contribution in [0.5, 0.6) is 0 Å². The Balaban J connectivity index is 1.74. The molecule has 1 atom stereocenters. The molecule has 0 saturated heterocycles. The molecule has 0 spiro atoms. The molecule has 2 heterocycles. The quantitative estimate of drug-likeness (QED) is 0.553. The van der Waals surface area contributed by atoms with Crippen molar-refractivity contribution in [1.29, 1.82) is 5.26 Å². The molecule has 34 heavy (non-hydrogen) atoms. The summed E-state index contributed by atoms with van der Waals surface area (Å²) in [5, 5.41) is 20.2. The first-order chi connectivity index (χ1) is 15.9. The molecule has 0 radical (unpaired) electrons. The van der Waals surface area contributed by atoms with E-state index in [1.54, 1.807) is 12.1 Å². The number of aliphatic hydroxyl groups is 1. The fraction of sp³-hybridized carbons (Fsp3) is 0.208. The minimum atomic E-state index is -4.03. The first-order valence-corrected chi connectivity index (χ1v) is 12.1. The maximum absolute atomic E-state index is 13.1. The Hall–Kier alpha value is -3.45. The van der Waals surface area contributed by atoms with Crippen molar-refractivity contribution in [2.75, 3.05) is 9.62 Å². The smallest absolute Gasteiger partial charge is 0.262 e. The Bertz CT molecular complexity index is 1440. The zero-order chi connectivity index (χ0) is 24.8. The van der Waals surface area contributed by atoms with Crippen LogP contribution in [0.1, 0.15) is 54.0 Å². The minimum absolute atomic E-state index is 0.0204. The van der Waals surface area contributed by atoms with Gasteiger partial charge in [-0.25, -0.2) is 8.42 Å². The molecule has 1 unspecified atom stereocenters. The lowest BCUT2D eigenvalue weighted by Crippen LogP contribution is -2.28. The van der Waals surface area contributed by atoms with Gasteiger partial charge in [0.1, 0.15) is 6.07 Å². The molecule has 1 aliphatic rings. The molecule has 1 aliphatic heterocycles. The van der Waals surface area contributed by atoms with Gasteiger partial charge in [0.25, 0.3) is 15.9 Å². The zero-order valence-electron chi connectivity index (χ0n) is 18.6. The number of nitriles is 1. The summed E-state index contributed by atoms with van der Waals surface area (Å²) < 4.78 is 28.7. The Labute approximate surface area is 202 Å². The number of rotatable bonds is 4. The van der Waals surface area contributed by atoms with Gasteiger partial charge in [0, 0.05) is 11.8 Å². The van der Waals surface area contributed by atoms with Gasteiger partial charge >= 0.3 is 0 Å². The SMILES string of the molecule is CC(C)(C)c1ccc(S(=O)(=O)Nc2ccc(Cl)c3c2C(O)N(c2cncc(C#N)c2)C3=O)cc1. The van der Waals surface area contributed by atoms with Crippen LogP contribution in [0.15, 0.2) is 59.8 Å². The molecule has 0 fully saturated rings. The number of fused-ring (bicyclic) bond motifs is 1. The summed E-state index contributed by atoms with van der Waals surface area (Å²) in [6, 6.07) is 12.6. The summed E-state index contributed by atoms with van der Waals surface area (Å²) >= 11 is 6.26. The molecule has 2 aromatic carbocycles. The van der Waals surface area contributed by atoms with Gasteiger partial charge in [0.2, 0.25) is 0 Å². The van der Waals surface area contributed by atoms with E-state index in [4.69, 9.17) is 16.9 Å². The minimum Gasteiger partial charge on any atom is -0.369 e. The normalized spacial score (nSPS) is 15.7. The van der Waals surface area contributed by atoms with Crippen molar-refractivity contribution in [3.8, 4) is 6.07 Å². The van der Waals surface area contributed by atoms with E-state index in [-0.39, 0.29) is 43.4 Å². The van der Waals surface area contributed by atoms with Crippen LogP contribution in [0.2, 0.25) is 5.02 Å². The van der Waals surface area contributed by atoms with Crippen LogP contribution in [0.3, 0.4) is 0 Å². The lowest BCUT2D eigenvalue weighted by atomic mass is 9.87. The number of sulfonamides is 1. The van der Waals surface area contributed by atoms with E-state index in [1.807, 2.05) is 26.8 Å². The third-order valence-corrected chi connectivity index (χ3v) is 7.23. The van der Waals surface area contributed by atoms with Crippen molar-refractivity contribution in [1.82, 2.24) is 4.98 Å². The van der Waals surface area contributed by atoms with Crippen LogP contribution < -0.4 is 9.62 Å². The Morgan fingerprint density at radius 1 is 1.15 bits per heavy atom. The number of nitrogens with zero attached hydrogens (tertiary/aromatic N) is 3. The second-order valence-corrected chi connectivity index (χ2v) is 10.9. The maximum Gasteiger partial charge on any atom is 0.262 e. The number of aromatic nitrogens is 1. The van der Waals surface area contributed by atoms with Crippen molar-refractivity contribution in [3.63, 3.8) is 0 Å². The summed E-state index contributed by atoms with van der Waals surface area (Å²) in [5.41, 5.74) is 1.22. The summed E-state index contributed by atoms with van der Waals surface area (Å²) in [6.45, 7) is 6.08. The molecule has 0 bridgehead atoms. The van der Waals surface area contributed by atoms with E-state index in [0.29, 0.717) is 0 Å². The summed E-state index contributed by atoms with van der Waals surface area (Å²) in [7, 11) is -4.03. The molecule has 8 nitrogen and oxygen atoms in total. The van der Waals surface area contributed by atoms with Crippen molar-refractivity contribution >= 4 is 38.9 Å². The van der Waals surface area contributed by atoms with Crippen LogP contribution in [0.25, 0.3) is 0 Å². The molecule has 1 amide bonds. The zero-order valence-corrected chi connectivity index (χ0v) is 20.1. The monoisotopic (exact) mass is 496 g/mol. The van der Waals surface area contributed by atoms with Crippen LogP contribution >= 0.6 is 11.6 Å².